The Hall–Kier alpha value is -0.640. The van der Waals surface area contributed by atoms with Crippen molar-refractivity contribution in [1.82, 2.24) is 4.72 Å². The lowest BCUT2D eigenvalue weighted by molar-refractivity contribution is 0.0732. The van der Waals surface area contributed by atoms with Crippen molar-refractivity contribution in [1.29, 1.82) is 0 Å². The van der Waals surface area contributed by atoms with Gasteiger partial charge in [0.15, 0.2) is 0 Å². The molecule has 1 aliphatic rings. The zero-order valence-electron chi connectivity index (χ0n) is 8.33. The van der Waals surface area contributed by atoms with Gasteiger partial charge in [-0.15, -0.1) is 0 Å². The third kappa shape index (κ3) is 3.72. The normalized spacial score (nSPS) is 25.0. The Morgan fingerprint density at radius 2 is 2.23 bits per heavy atom. The van der Waals surface area contributed by atoms with E-state index in [4.69, 9.17) is 4.74 Å². The van der Waals surface area contributed by atoms with Gasteiger partial charge in [-0.2, -0.15) is 0 Å². The summed E-state index contributed by atoms with van der Waals surface area (Å²) in [5.41, 5.74) is -0.373. The van der Waals surface area contributed by atoms with E-state index in [9.17, 15) is 4.79 Å². The molecule has 76 valence electrons. The quantitative estimate of drug-likeness (QED) is 0.469. The van der Waals surface area contributed by atoms with Crippen LogP contribution in [0.4, 0.5) is 4.79 Å². The zero-order valence-corrected chi connectivity index (χ0v) is 9.23. The molecule has 0 amide bonds. The molecule has 1 heterocycles. The second-order valence-corrected chi connectivity index (χ2v) is 5.88. The smallest absolute Gasteiger partial charge is 0.364 e. The van der Waals surface area contributed by atoms with E-state index >= 15 is 0 Å². The van der Waals surface area contributed by atoms with Gasteiger partial charge in [0.05, 0.1) is 0 Å². The summed E-state index contributed by atoms with van der Waals surface area (Å²) in [5, 5.41) is -0.0909. The van der Waals surface area contributed by atoms with Gasteiger partial charge in [0, 0.05) is 12.0 Å². The Bertz CT molecular complexity index is 220. The molecule has 0 radical (unpaired) electrons. The molecule has 4 heteroatoms. The highest BCUT2D eigenvalue weighted by atomic mass is 32.2. The van der Waals surface area contributed by atoms with Crippen molar-refractivity contribution in [2.75, 3.05) is 5.75 Å². The first-order valence-corrected chi connectivity index (χ1v) is 5.93. The molecule has 0 aromatic carbocycles. The second kappa shape index (κ2) is 4.05. The van der Waals surface area contributed by atoms with Crippen molar-refractivity contribution < 1.29 is 9.53 Å². The molecule has 1 unspecified atom stereocenters. The summed E-state index contributed by atoms with van der Waals surface area (Å²) in [5.74, 6) is 0.890. The van der Waals surface area contributed by atoms with Crippen LogP contribution >= 0.6 is 11.1 Å². The Morgan fingerprint density at radius 1 is 1.54 bits per heavy atom. The summed E-state index contributed by atoms with van der Waals surface area (Å²) in [6.07, 6.45) is 4.85. The third-order valence-electron chi connectivity index (χ3n) is 1.48. The topological polar surface area (TPSA) is 38.3 Å². The van der Waals surface area contributed by atoms with Gasteiger partial charge in [0.1, 0.15) is 5.60 Å². The van der Waals surface area contributed by atoms with Crippen molar-refractivity contribution in [2.24, 2.45) is 0 Å². The van der Waals surface area contributed by atoms with Crippen LogP contribution < -0.4 is 4.72 Å². The van der Waals surface area contributed by atoms with E-state index in [1.54, 1.807) is 0 Å². The van der Waals surface area contributed by atoms with Gasteiger partial charge in [0.25, 0.3) is 0 Å². The zero-order chi connectivity index (χ0) is 9.90. The summed E-state index contributed by atoms with van der Waals surface area (Å²) in [6, 6.07) is 0. The molecule has 0 aliphatic carbocycles. The van der Waals surface area contributed by atoms with Crippen LogP contribution in [0.15, 0.2) is 12.3 Å². The van der Waals surface area contributed by atoms with Crippen LogP contribution in [0.3, 0.4) is 0 Å². The predicted molar refractivity (Wildman–Crippen MR) is 57.0 cm³/mol. The van der Waals surface area contributed by atoms with E-state index in [-0.39, 0.29) is 10.9 Å². The van der Waals surface area contributed by atoms with Gasteiger partial charge in [-0.25, -0.2) is 4.79 Å². The average Bonchev–Trinajstić information content (AvgIpc) is 2.03. The van der Waals surface area contributed by atoms with Crippen LogP contribution in [0.25, 0.3) is 0 Å². The largest absolute Gasteiger partial charge is 0.452 e. The Labute approximate surface area is 82.0 Å². The van der Waals surface area contributed by atoms with E-state index in [1.165, 1.54) is 0 Å². The fourth-order valence-corrected chi connectivity index (χ4v) is 2.45. The molecule has 0 saturated carbocycles. The minimum Gasteiger partial charge on any atom is -0.452 e. The van der Waals surface area contributed by atoms with E-state index in [1.807, 2.05) is 33.0 Å². The van der Waals surface area contributed by atoms with Crippen molar-refractivity contribution in [3.8, 4) is 0 Å². The maximum absolute atomic E-state index is 11.5. The lowest BCUT2D eigenvalue weighted by Crippen LogP contribution is -2.27. The Kier molecular flexibility index (Phi) is 3.25. The molecule has 0 spiro atoms. The number of rotatable bonds is 0. The van der Waals surface area contributed by atoms with E-state index in [2.05, 4.69) is 4.72 Å². The summed E-state index contributed by atoms with van der Waals surface area (Å²) in [6.45, 7) is 5.67. The Balaban J connectivity index is 2.43. The van der Waals surface area contributed by atoms with Gasteiger partial charge in [-0.3, -0.25) is 0 Å². The summed E-state index contributed by atoms with van der Waals surface area (Å²) in [4.78, 5) is 11.5. The maximum atomic E-state index is 11.5. The van der Waals surface area contributed by atoms with Gasteiger partial charge in [0.2, 0.25) is 0 Å². The number of allylic oxidation sites excluding steroid dienone is 1. The van der Waals surface area contributed by atoms with Gasteiger partial charge < -0.3 is 9.46 Å². The molecule has 0 fully saturated rings. The predicted octanol–water partition coefficient (Wildman–Crippen LogP) is 2.34. The number of carbonyl (C=O) groups excluding carboxylic acids is 1. The van der Waals surface area contributed by atoms with Crippen molar-refractivity contribution >= 4 is 16.4 Å². The highest BCUT2D eigenvalue weighted by Crippen LogP contribution is 2.29. The van der Waals surface area contributed by atoms with E-state index < -0.39 is 11.1 Å². The van der Waals surface area contributed by atoms with E-state index in [0.717, 1.165) is 12.2 Å². The van der Waals surface area contributed by atoms with Crippen LogP contribution in [0.2, 0.25) is 0 Å². The summed E-state index contributed by atoms with van der Waals surface area (Å²) in [7, 11) is 0. The highest BCUT2D eigenvalue weighted by molar-refractivity contribution is 8.28. The third-order valence-corrected chi connectivity index (χ3v) is 3.18. The first-order valence-electron chi connectivity index (χ1n) is 4.41. The molecular weight excluding hydrogens is 186 g/mol. The molecule has 0 bridgehead atoms. The summed E-state index contributed by atoms with van der Waals surface area (Å²) < 4.78 is 8.32. The van der Waals surface area contributed by atoms with Crippen LogP contribution in [0.5, 0.6) is 0 Å². The Morgan fingerprint density at radius 3 is 2.69 bits per heavy atom. The van der Waals surface area contributed by atoms with Crippen LogP contribution in [-0.4, -0.2) is 16.7 Å². The minimum atomic E-state index is -0.795. The number of nitrogens with one attached hydrogen (secondary N) is 1. The maximum Gasteiger partial charge on any atom is 0.364 e. The number of carbonyl (C=O) groups is 1. The lowest BCUT2D eigenvalue weighted by Gasteiger charge is -2.27. The first kappa shape index (κ1) is 10.4. The SMILES string of the molecule is CC(C)(C)OC(=O)[SH]1CCC=CN1. The number of hydrogen-bond acceptors (Lipinski definition) is 3. The van der Waals surface area contributed by atoms with Gasteiger partial charge in [-0.05, 0) is 27.2 Å². The van der Waals surface area contributed by atoms with Crippen molar-refractivity contribution in [3.63, 3.8) is 0 Å². The standard InChI is InChI=1S/C9H17NO2S/c1-9(2,3)12-8(11)13-7-5-4-6-10-13/h4,6,10,13H,5,7H2,1-3H3. The molecule has 1 N–H and O–H groups in total. The fourth-order valence-electron chi connectivity index (χ4n) is 0.955. The monoisotopic (exact) mass is 203 g/mol. The van der Waals surface area contributed by atoms with Crippen LogP contribution in [0.1, 0.15) is 27.2 Å². The number of hydrogen-bond donors (Lipinski definition) is 2. The molecule has 0 saturated heterocycles. The fraction of sp³-hybridized carbons (Fsp3) is 0.667. The van der Waals surface area contributed by atoms with Crippen LogP contribution in [-0.2, 0) is 4.74 Å². The second-order valence-electron chi connectivity index (χ2n) is 3.95. The molecule has 0 aromatic rings. The number of thiol groups is 1. The molecular formula is C9H17NO2S. The van der Waals surface area contributed by atoms with Crippen LogP contribution in [0, 0.1) is 0 Å². The number of ether oxygens (including phenoxy) is 1. The molecule has 1 aliphatic heterocycles. The molecule has 3 nitrogen and oxygen atoms in total. The van der Waals surface area contributed by atoms with E-state index in [0.29, 0.717) is 0 Å². The first-order chi connectivity index (χ1) is 5.99. The highest BCUT2D eigenvalue weighted by Gasteiger charge is 2.21. The van der Waals surface area contributed by atoms with Gasteiger partial charge >= 0.3 is 5.30 Å². The van der Waals surface area contributed by atoms with Gasteiger partial charge in [-0.1, -0.05) is 17.2 Å². The minimum absolute atomic E-state index is 0.0909. The summed E-state index contributed by atoms with van der Waals surface area (Å²) >= 11 is -0.795. The lowest BCUT2D eigenvalue weighted by atomic mass is 10.2. The molecule has 13 heavy (non-hydrogen) atoms. The molecule has 1 atom stereocenters. The van der Waals surface area contributed by atoms with Crippen molar-refractivity contribution in [2.45, 2.75) is 32.8 Å². The molecule has 1 rings (SSSR count). The molecule has 0 aromatic heterocycles. The van der Waals surface area contributed by atoms with Crippen molar-refractivity contribution in [3.05, 3.63) is 12.3 Å². The average molecular weight is 203 g/mol.